The second-order valence-corrected chi connectivity index (χ2v) is 13.2. The van der Waals surface area contributed by atoms with Gasteiger partial charge in [0.05, 0.1) is 0 Å². The third-order valence-corrected chi connectivity index (χ3v) is 8.60. The number of terminal acetylenes is 2. The van der Waals surface area contributed by atoms with E-state index in [1.54, 1.807) is 6.08 Å². The van der Waals surface area contributed by atoms with E-state index in [-0.39, 0.29) is 0 Å². The quantitative estimate of drug-likeness (QED) is 0.0425. The first kappa shape index (κ1) is 46.0. The van der Waals surface area contributed by atoms with Crippen LogP contribution >= 0.6 is 0 Å². The van der Waals surface area contributed by atoms with Gasteiger partial charge < -0.3 is 10.2 Å². The number of Topliss-reactive ketones (excluding diaryl/α,β-unsaturated/α-hetero) is 1. The number of hydrogen-bond acceptors (Lipinski definition) is 3. The fourth-order valence-corrected chi connectivity index (χ4v) is 5.58. The van der Waals surface area contributed by atoms with Crippen LogP contribution in [-0.2, 0) is 4.79 Å². The Morgan fingerprint density at radius 2 is 0.898 bits per heavy atom. The van der Waals surface area contributed by atoms with Gasteiger partial charge in [-0.3, -0.25) is 4.79 Å². The maximum atomic E-state index is 12.2. The minimum atomic E-state index is -0.850. The van der Waals surface area contributed by atoms with Gasteiger partial charge in [0, 0.05) is 25.7 Å². The predicted molar refractivity (Wildman–Crippen MR) is 212 cm³/mol. The van der Waals surface area contributed by atoms with E-state index in [1.165, 1.54) is 70.6 Å². The topological polar surface area (TPSA) is 57.5 Å². The van der Waals surface area contributed by atoms with Gasteiger partial charge in [-0.1, -0.05) is 143 Å². The molecule has 0 amide bonds. The van der Waals surface area contributed by atoms with Gasteiger partial charge in [0.15, 0.2) is 6.10 Å². The van der Waals surface area contributed by atoms with Crippen molar-refractivity contribution in [1.82, 2.24) is 0 Å². The summed E-state index contributed by atoms with van der Waals surface area (Å²) in [5, 5.41) is 19.2. The van der Waals surface area contributed by atoms with E-state index in [0.29, 0.717) is 5.78 Å². The zero-order chi connectivity index (χ0) is 35.7. The maximum absolute atomic E-state index is 12.2. The highest BCUT2D eigenvalue weighted by Gasteiger charge is 2.02. The molecule has 0 spiro atoms. The van der Waals surface area contributed by atoms with Crippen LogP contribution in [0.1, 0.15) is 186 Å². The standard InChI is InChI=1S/C46H70O3/c1-3-5-6-7-8-9-10-11-12-13-14-16-19-25-30-35-40-45(48)41-36-31-26-20-17-15-18-21-27-32-37-42-46(49)43-38-33-28-23-22-24-29-34-39-44(47)4-2/h1-2,5-6,15,17,34,39,44,46-47,49H,7-14,16,18-33,35-36,40-41H2/b6-5-,17-15-,39-34+/t44-,46-/m1/s1. The van der Waals surface area contributed by atoms with E-state index in [1.807, 2.05) is 12.2 Å². The van der Waals surface area contributed by atoms with Crippen LogP contribution in [0.5, 0.6) is 0 Å². The molecule has 0 unspecified atom stereocenters. The number of carbonyl (C=O) groups excluding carboxylic acids is 1. The molecule has 0 saturated carbocycles. The molecule has 0 rings (SSSR count). The zero-order valence-corrected chi connectivity index (χ0v) is 31.1. The molecule has 3 heteroatoms. The van der Waals surface area contributed by atoms with Crippen molar-refractivity contribution in [2.45, 2.75) is 198 Å². The van der Waals surface area contributed by atoms with Crippen molar-refractivity contribution >= 4 is 5.78 Å². The third kappa shape index (κ3) is 39.4. The fourth-order valence-electron chi connectivity index (χ4n) is 5.58. The van der Waals surface area contributed by atoms with Gasteiger partial charge in [0.1, 0.15) is 11.9 Å². The lowest BCUT2D eigenvalue weighted by Crippen LogP contribution is -1.97. The normalized spacial score (nSPS) is 12.3. The number of allylic oxidation sites excluding steroid dienone is 5. The molecule has 272 valence electrons. The molecule has 0 aliphatic heterocycles. The minimum Gasteiger partial charge on any atom is -0.377 e. The highest BCUT2D eigenvalue weighted by atomic mass is 16.3. The molecule has 0 aliphatic rings. The number of ketones is 1. The minimum absolute atomic E-state index is 0.456. The van der Waals surface area contributed by atoms with Crippen LogP contribution in [0.2, 0.25) is 0 Å². The summed E-state index contributed by atoms with van der Waals surface area (Å²) in [5.74, 6) is 17.0. The lowest BCUT2D eigenvalue weighted by molar-refractivity contribution is -0.119. The Morgan fingerprint density at radius 1 is 0.510 bits per heavy atom. The molecular formula is C46H70O3. The summed E-state index contributed by atoms with van der Waals surface area (Å²) in [4.78, 5) is 12.2. The zero-order valence-electron chi connectivity index (χ0n) is 31.1. The van der Waals surface area contributed by atoms with Gasteiger partial charge in [-0.15, -0.1) is 12.8 Å². The van der Waals surface area contributed by atoms with E-state index < -0.39 is 12.2 Å². The lowest BCUT2D eigenvalue weighted by atomic mass is 10.0. The molecule has 0 radical (unpaired) electrons. The van der Waals surface area contributed by atoms with Crippen LogP contribution in [-0.4, -0.2) is 28.2 Å². The van der Waals surface area contributed by atoms with Crippen molar-refractivity contribution in [2.75, 3.05) is 0 Å². The highest BCUT2D eigenvalue weighted by molar-refractivity contribution is 5.78. The molecule has 0 bridgehead atoms. The number of hydrogen-bond donors (Lipinski definition) is 2. The lowest BCUT2D eigenvalue weighted by Gasteiger charge is -2.03. The molecule has 49 heavy (non-hydrogen) atoms. The second kappa shape index (κ2) is 39.5. The summed E-state index contributed by atoms with van der Waals surface area (Å²) in [5.41, 5.74) is 0. The van der Waals surface area contributed by atoms with E-state index in [4.69, 9.17) is 12.8 Å². The molecular weight excluding hydrogens is 601 g/mol. The monoisotopic (exact) mass is 671 g/mol. The summed E-state index contributed by atoms with van der Waals surface area (Å²) in [6.07, 6.45) is 53.5. The number of carbonyl (C=O) groups is 1. The molecule has 0 aromatic heterocycles. The van der Waals surface area contributed by atoms with Crippen LogP contribution in [0.15, 0.2) is 36.5 Å². The Bertz CT molecular complexity index is 1060. The largest absolute Gasteiger partial charge is 0.377 e. The smallest absolute Gasteiger partial charge is 0.176 e. The van der Waals surface area contributed by atoms with Gasteiger partial charge in [-0.2, -0.15) is 0 Å². The van der Waals surface area contributed by atoms with Crippen molar-refractivity contribution in [2.24, 2.45) is 0 Å². The summed E-state index contributed by atoms with van der Waals surface area (Å²) in [6.45, 7) is 0. The molecule has 2 N–H and O–H groups in total. The van der Waals surface area contributed by atoms with Crippen molar-refractivity contribution in [3.63, 3.8) is 0 Å². The van der Waals surface area contributed by atoms with Crippen LogP contribution in [0.4, 0.5) is 0 Å². The van der Waals surface area contributed by atoms with Crippen molar-refractivity contribution in [3.8, 4) is 48.4 Å². The average Bonchev–Trinajstić information content (AvgIpc) is 3.10. The fraction of sp³-hybridized carbons (Fsp3) is 0.674. The van der Waals surface area contributed by atoms with Crippen molar-refractivity contribution < 1.29 is 15.0 Å². The Kier molecular flexibility index (Phi) is 37.1. The van der Waals surface area contributed by atoms with Gasteiger partial charge in [0.25, 0.3) is 0 Å². The molecule has 0 saturated heterocycles. The van der Waals surface area contributed by atoms with E-state index >= 15 is 0 Å². The first-order valence-electron chi connectivity index (χ1n) is 19.8. The third-order valence-electron chi connectivity index (χ3n) is 8.60. The summed E-state index contributed by atoms with van der Waals surface area (Å²) < 4.78 is 0. The first-order chi connectivity index (χ1) is 24.1. The van der Waals surface area contributed by atoms with Gasteiger partial charge in [0.2, 0.25) is 0 Å². The molecule has 0 aromatic rings. The van der Waals surface area contributed by atoms with E-state index in [2.05, 4.69) is 53.8 Å². The van der Waals surface area contributed by atoms with Crippen molar-refractivity contribution in [3.05, 3.63) is 36.5 Å². The van der Waals surface area contributed by atoms with Crippen LogP contribution < -0.4 is 0 Å². The first-order valence-corrected chi connectivity index (χ1v) is 19.8. The van der Waals surface area contributed by atoms with Crippen molar-refractivity contribution in [1.29, 1.82) is 0 Å². The molecule has 0 fully saturated rings. The number of aliphatic hydroxyl groups is 2. The average molecular weight is 671 g/mol. The number of unbranched alkanes of at least 4 members (excludes halogenated alkanes) is 23. The Labute approximate surface area is 303 Å². The van der Waals surface area contributed by atoms with Crippen LogP contribution in [0.25, 0.3) is 0 Å². The molecule has 2 atom stereocenters. The van der Waals surface area contributed by atoms with Gasteiger partial charge in [-0.25, -0.2) is 0 Å². The van der Waals surface area contributed by atoms with Crippen LogP contribution in [0, 0.1) is 48.4 Å². The molecule has 0 heterocycles. The van der Waals surface area contributed by atoms with Gasteiger partial charge in [-0.05, 0) is 89.2 Å². The summed E-state index contributed by atoms with van der Waals surface area (Å²) in [7, 11) is 0. The highest BCUT2D eigenvalue weighted by Crippen LogP contribution is 2.14. The maximum Gasteiger partial charge on any atom is 0.176 e. The molecule has 3 nitrogen and oxygen atoms in total. The molecule has 0 aliphatic carbocycles. The Balaban J connectivity index is 3.45. The van der Waals surface area contributed by atoms with E-state index in [0.717, 1.165) is 116 Å². The SMILES string of the molecule is C#C/C=C\CCCCCCCCCCCCCCC(=O)CCCCC/C=C\CCCCC#C[C@@H](O)C#CCCCCCC/C=C/[C@H](O)C#C. The van der Waals surface area contributed by atoms with Gasteiger partial charge >= 0.3 is 0 Å². The van der Waals surface area contributed by atoms with Crippen LogP contribution in [0.3, 0.4) is 0 Å². The number of rotatable bonds is 32. The summed E-state index contributed by atoms with van der Waals surface area (Å²) in [6, 6.07) is 0. The predicted octanol–water partition coefficient (Wildman–Crippen LogP) is 11.5. The van der Waals surface area contributed by atoms with E-state index in [9.17, 15) is 15.0 Å². The molecule has 0 aromatic carbocycles. The summed E-state index contributed by atoms with van der Waals surface area (Å²) >= 11 is 0. The second-order valence-electron chi connectivity index (χ2n) is 13.2. The Hall–Kier alpha value is -2.95. The Morgan fingerprint density at radius 3 is 1.41 bits per heavy atom. The number of aliphatic hydroxyl groups excluding tert-OH is 2.